The molecule has 2 saturated carbocycles. The molecule has 0 saturated heterocycles. The van der Waals surface area contributed by atoms with Crippen molar-refractivity contribution in [2.75, 3.05) is 0 Å². The fraction of sp³-hybridized carbons (Fsp3) is 0.513. The topological polar surface area (TPSA) is 74.6 Å². The lowest BCUT2D eigenvalue weighted by Crippen LogP contribution is -2.20. The van der Waals surface area contributed by atoms with Crippen LogP contribution in [0, 0.1) is 6.92 Å². The number of carbonyl (C=O) groups excluding carboxylic acids is 2. The minimum absolute atomic E-state index is 0.0237. The van der Waals surface area contributed by atoms with E-state index in [2.05, 4.69) is 18.2 Å². The molecule has 0 spiro atoms. The molecule has 6 nitrogen and oxygen atoms in total. The second-order valence-corrected chi connectivity index (χ2v) is 14.0. The number of fused-ring (bicyclic) bond motifs is 2. The molecule has 0 N–H and O–H groups in total. The van der Waals surface area contributed by atoms with Crippen molar-refractivity contribution < 1.29 is 19.1 Å². The van der Waals surface area contributed by atoms with E-state index in [-0.39, 0.29) is 5.56 Å². The average molecular weight is 644 g/mol. The van der Waals surface area contributed by atoms with E-state index in [1.807, 2.05) is 25.3 Å². The average Bonchev–Trinajstić information content (AvgIpc) is 3.77. The Morgan fingerprint density at radius 3 is 1.83 bits per heavy atom. The first-order valence-corrected chi connectivity index (χ1v) is 17.5. The number of halogens is 1. The molecule has 7 heteroatoms. The van der Waals surface area contributed by atoms with E-state index in [9.17, 15) is 14.4 Å². The van der Waals surface area contributed by atoms with Crippen LogP contribution in [0.25, 0.3) is 11.1 Å². The van der Waals surface area contributed by atoms with Crippen LogP contribution < -0.4 is 5.56 Å². The summed E-state index contributed by atoms with van der Waals surface area (Å²) < 4.78 is 13.9. The number of ether oxygens (including phenoxy) is 2. The van der Waals surface area contributed by atoms with Gasteiger partial charge in [-0.1, -0.05) is 55.5 Å². The first kappa shape index (κ1) is 32.9. The Bertz CT molecular complexity index is 1640. The minimum atomic E-state index is 0.0237. The highest BCUT2D eigenvalue weighted by atomic mass is 35.5. The number of aryl methyl sites for hydroxylation is 4. The van der Waals surface area contributed by atoms with E-state index in [4.69, 9.17) is 21.1 Å². The third-order valence-electron chi connectivity index (χ3n) is 10.3. The summed E-state index contributed by atoms with van der Waals surface area (Å²) in [5, 5.41) is 0.742. The van der Waals surface area contributed by atoms with E-state index >= 15 is 0 Å². The number of aromatic nitrogens is 1. The van der Waals surface area contributed by atoms with Crippen LogP contribution in [-0.2, 0) is 65.0 Å². The van der Waals surface area contributed by atoms with Crippen molar-refractivity contribution in [3.63, 3.8) is 0 Å². The van der Waals surface area contributed by atoms with Gasteiger partial charge in [0.25, 0.3) is 5.56 Å². The molecule has 1 heterocycles. The Balaban J connectivity index is 0.000000172. The van der Waals surface area contributed by atoms with E-state index in [0.717, 1.165) is 82.5 Å². The summed E-state index contributed by atoms with van der Waals surface area (Å²) >= 11 is 6.30. The van der Waals surface area contributed by atoms with Gasteiger partial charge >= 0.3 is 0 Å². The van der Waals surface area contributed by atoms with Gasteiger partial charge in [0.2, 0.25) is 0 Å². The first-order valence-electron chi connectivity index (χ1n) is 17.1. The molecule has 7 rings (SSSR count). The third-order valence-corrected chi connectivity index (χ3v) is 10.7. The maximum Gasteiger partial charge on any atom is 0.253 e. The van der Waals surface area contributed by atoms with Crippen LogP contribution in [0.1, 0.15) is 103 Å². The summed E-state index contributed by atoms with van der Waals surface area (Å²) in [6.07, 6.45) is 16.2. The maximum absolute atomic E-state index is 12.2. The molecular formula is C39H46ClNO5. The largest absolute Gasteiger partial charge is 0.374 e. The third kappa shape index (κ3) is 7.56. The van der Waals surface area contributed by atoms with Crippen LogP contribution in [0.15, 0.2) is 41.3 Å². The quantitative estimate of drug-likeness (QED) is 0.263. The molecule has 3 aromatic rings. The number of nitrogens with zero attached hydrogens (tertiary/aromatic N) is 1. The number of hydrogen-bond acceptors (Lipinski definition) is 5. The molecule has 1 aromatic heterocycles. The summed E-state index contributed by atoms with van der Waals surface area (Å²) in [6, 6.07) is 10.2. The van der Waals surface area contributed by atoms with Crippen LogP contribution in [0.2, 0.25) is 5.02 Å². The standard InChI is InChI=1S/C23H27NO3.C16H19ClO2/c1-15-11-17(13-24(2)23(15)26)20-10-8-16-7-9-18(25)12-21(16)22(20)14-27-19-5-3-4-6-19;17-16-8-6-11-5-7-12(18)9-14(11)15(16)10-19-13-3-1-2-4-13/h8,10-11,13,19H,3-7,9,12,14H2,1-2H3;6,8,13H,1-5,7,9-10H2. The predicted octanol–water partition coefficient (Wildman–Crippen LogP) is 7.73. The lowest BCUT2D eigenvalue weighted by atomic mass is 9.84. The number of rotatable bonds is 7. The SMILES string of the molecule is Cc1cc(-c2ccc3c(c2COC2CCCC2)CC(=O)CC3)cn(C)c1=O.O=C1CCc2ccc(Cl)c(COC3CCCC3)c2C1. The Kier molecular flexibility index (Phi) is 10.6. The summed E-state index contributed by atoms with van der Waals surface area (Å²) in [5.41, 5.74) is 9.83. The molecule has 0 aliphatic heterocycles. The van der Waals surface area contributed by atoms with Crippen molar-refractivity contribution in [3.8, 4) is 11.1 Å². The minimum Gasteiger partial charge on any atom is -0.374 e. The van der Waals surface area contributed by atoms with Crippen LogP contribution in [0.5, 0.6) is 0 Å². The molecule has 46 heavy (non-hydrogen) atoms. The van der Waals surface area contributed by atoms with Crippen molar-refractivity contribution in [1.82, 2.24) is 4.57 Å². The highest BCUT2D eigenvalue weighted by Gasteiger charge is 2.25. The highest BCUT2D eigenvalue weighted by molar-refractivity contribution is 6.31. The number of ketones is 2. The first-order chi connectivity index (χ1) is 22.3. The fourth-order valence-corrected chi connectivity index (χ4v) is 7.84. The van der Waals surface area contributed by atoms with E-state index in [1.54, 1.807) is 11.6 Å². The Hall–Kier alpha value is -3.06. The van der Waals surface area contributed by atoms with E-state index in [1.165, 1.54) is 36.8 Å². The van der Waals surface area contributed by atoms with Gasteiger partial charge in [-0.05, 0) is 96.5 Å². The Morgan fingerprint density at radius 1 is 0.739 bits per heavy atom. The molecule has 0 atom stereocenters. The van der Waals surface area contributed by atoms with Crippen LogP contribution in [0.3, 0.4) is 0 Å². The molecule has 0 amide bonds. The van der Waals surface area contributed by atoms with Crippen molar-refractivity contribution in [1.29, 1.82) is 0 Å². The second kappa shape index (κ2) is 14.8. The zero-order valence-electron chi connectivity index (χ0n) is 27.3. The number of pyridine rings is 1. The van der Waals surface area contributed by atoms with Gasteiger partial charge in [-0.25, -0.2) is 0 Å². The zero-order chi connectivity index (χ0) is 32.2. The molecule has 0 radical (unpaired) electrons. The Labute approximate surface area is 277 Å². The summed E-state index contributed by atoms with van der Waals surface area (Å²) in [5.74, 6) is 0.621. The van der Waals surface area contributed by atoms with Crippen LogP contribution in [-0.4, -0.2) is 28.3 Å². The smallest absolute Gasteiger partial charge is 0.253 e. The lowest BCUT2D eigenvalue weighted by Gasteiger charge is -2.23. The zero-order valence-corrected chi connectivity index (χ0v) is 28.1. The van der Waals surface area contributed by atoms with Gasteiger partial charge in [0.15, 0.2) is 0 Å². The van der Waals surface area contributed by atoms with E-state index < -0.39 is 0 Å². The summed E-state index contributed by atoms with van der Waals surface area (Å²) in [4.78, 5) is 35.9. The molecule has 244 valence electrons. The van der Waals surface area contributed by atoms with Gasteiger partial charge in [0, 0.05) is 55.1 Å². The number of benzene rings is 2. The molecular weight excluding hydrogens is 598 g/mol. The fourth-order valence-electron chi connectivity index (χ4n) is 7.61. The molecule has 0 bridgehead atoms. The van der Waals surface area contributed by atoms with Gasteiger partial charge in [-0.15, -0.1) is 0 Å². The van der Waals surface area contributed by atoms with Crippen LogP contribution in [0.4, 0.5) is 0 Å². The second-order valence-electron chi connectivity index (χ2n) is 13.6. The molecule has 2 aromatic carbocycles. The molecule has 4 aliphatic rings. The van der Waals surface area contributed by atoms with Crippen molar-refractivity contribution in [2.45, 2.75) is 122 Å². The van der Waals surface area contributed by atoms with Gasteiger partial charge < -0.3 is 14.0 Å². The molecule has 2 fully saturated rings. The maximum atomic E-state index is 12.2. The number of carbonyl (C=O) groups is 2. The number of hydrogen-bond donors (Lipinski definition) is 0. The van der Waals surface area contributed by atoms with Crippen molar-refractivity contribution in [3.05, 3.63) is 90.8 Å². The van der Waals surface area contributed by atoms with Gasteiger partial charge in [0.1, 0.15) is 11.6 Å². The summed E-state index contributed by atoms with van der Waals surface area (Å²) in [6.45, 7) is 2.95. The van der Waals surface area contributed by atoms with Gasteiger partial charge in [0.05, 0.1) is 25.4 Å². The Morgan fingerprint density at radius 2 is 1.26 bits per heavy atom. The lowest BCUT2D eigenvalue weighted by molar-refractivity contribution is -0.119. The van der Waals surface area contributed by atoms with Crippen LogP contribution >= 0.6 is 11.6 Å². The highest BCUT2D eigenvalue weighted by Crippen LogP contribution is 2.34. The normalized spacial score (nSPS) is 18.3. The molecule has 0 unspecified atom stereocenters. The van der Waals surface area contributed by atoms with Gasteiger partial charge in [-0.2, -0.15) is 0 Å². The van der Waals surface area contributed by atoms with Crippen molar-refractivity contribution >= 4 is 23.2 Å². The van der Waals surface area contributed by atoms with Crippen molar-refractivity contribution in [2.24, 2.45) is 7.05 Å². The predicted molar refractivity (Wildman–Crippen MR) is 181 cm³/mol. The monoisotopic (exact) mass is 643 g/mol. The van der Waals surface area contributed by atoms with Gasteiger partial charge in [-0.3, -0.25) is 14.4 Å². The van der Waals surface area contributed by atoms with E-state index in [0.29, 0.717) is 62.7 Å². The number of Topliss-reactive ketones (excluding diaryl/α,β-unsaturated/α-hetero) is 2. The summed E-state index contributed by atoms with van der Waals surface area (Å²) in [7, 11) is 1.79. The molecule has 4 aliphatic carbocycles.